The number of carbonyl (C=O) groups is 1. The van der Waals surface area contributed by atoms with Crippen LogP contribution in [0.15, 0.2) is 0 Å². The lowest BCUT2D eigenvalue weighted by molar-refractivity contribution is 0.0833. The van der Waals surface area contributed by atoms with Crippen molar-refractivity contribution in [3.63, 3.8) is 0 Å². The van der Waals surface area contributed by atoms with Crippen LogP contribution in [0.5, 0.6) is 0 Å². The van der Waals surface area contributed by atoms with Crippen LogP contribution < -0.4 is 5.32 Å². The van der Waals surface area contributed by atoms with Crippen molar-refractivity contribution in [1.82, 2.24) is 5.32 Å². The van der Waals surface area contributed by atoms with Crippen LogP contribution in [-0.4, -0.2) is 18.2 Å². The molecule has 3 heteroatoms. The van der Waals surface area contributed by atoms with E-state index in [-0.39, 0.29) is 18.2 Å². The molecule has 0 saturated heterocycles. The van der Waals surface area contributed by atoms with Gasteiger partial charge in [-0.3, -0.25) is 0 Å². The quantitative estimate of drug-likeness (QED) is 0.686. The molecule has 0 aromatic rings. The number of rotatable bonds is 8. The van der Waals surface area contributed by atoms with Gasteiger partial charge in [0.25, 0.3) is 0 Å². The van der Waals surface area contributed by atoms with Crippen LogP contribution in [0.25, 0.3) is 0 Å². The molecule has 0 heterocycles. The first kappa shape index (κ1) is 15.3. The molecule has 1 N–H and O–H groups in total. The predicted octanol–water partition coefficient (Wildman–Crippen LogP) is 3.87. The van der Waals surface area contributed by atoms with Crippen LogP contribution in [0, 0.1) is 0 Å². The SMILES string of the molecule is CCCCC(CCC)OC(=O)NC(C)CC. The summed E-state index contributed by atoms with van der Waals surface area (Å²) in [4.78, 5) is 11.5. The standard InChI is InChI=1S/C13H27NO2/c1-5-8-10-12(9-6-2)16-13(15)14-11(4)7-3/h11-12H,5-10H2,1-4H3,(H,14,15). The molecule has 0 aliphatic carbocycles. The van der Waals surface area contributed by atoms with Gasteiger partial charge in [0.05, 0.1) is 0 Å². The number of ether oxygens (including phenoxy) is 1. The number of carbonyl (C=O) groups excluding carboxylic acids is 1. The Morgan fingerprint density at radius 1 is 1.19 bits per heavy atom. The van der Waals surface area contributed by atoms with Gasteiger partial charge in [-0.25, -0.2) is 4.79 Å². The maximum Gasteiger partial charge on any atom is 0.407 e. The molecule has 1 amide bonds. The zero-order valence-corrected chi connectivity index (χ0v) is 11.2. The molecule has 96 valence electrons. The van der Waals surface area contributed by atoms with E-state index in [2.05, 4.69) is 19.2 Å². The van der Waals surface area contributed by atoms with Crippen molar-refractivity contribution < 1.29 is 9.53 Å². The van der Waals surface area contributed by atoms with E-state index < -0.39 is 0 Å². The summed E-state index contributed by atoms with van der Waals surface area (Å²) in [5, 5.41) is 2.83. The Bertz CT molecular complexity index is 183. The molecule has 16 heavy (non-hydrogen) atoms. The van der Waals surface area contributed by atoms with Crippen LogP contribution in [0.3, 0.4) is 0 Å². The molecule has 2 atom stereocenters. The Morgan fingerprint density at radius 3 is 2.38 bits per heavy atom. The highest BCUT2D eigenvalue weighted by Crippen LogP contribution is 2.11. The Kier molecular flexibility index (Phi) is 9.06. The van der Waals surface area contributed by atoms with E-state index in [1.807, 2.05) is 13.8 Å². The van der Waals surface area contributed by atoms with E-state index in [1.165, 1.54) is 0 Å². The molecule has 0 aromatic heterocycles. The smallest absolute Gasteiger partial charge is 0.407 e. The monoisotopic (exact) mass is 229 g/mol. The van der Waals surface area contributed by atoms with E-state index in [1.54, 1.807) is 0 Å². The highest BCUT2D eigenvalue weighted by Gasteiger charge is 2.14. The number of unbranched alkanes of at least 4 members (excludes halogenated alkanes) is 1. The first-order valence-electron chi connectivity index (χ1n) is 6.61. The first-order chi connectivity index (χ1) is 7.63. The van der Waals surface area contributed by atoms with Crippen molar-refractivity contribution in [1.29, 1.82) is 0 Å². The lowest BCUT2D eigenvalue weighted by atomic mass is 10.1. The molecular formula is C13H27NO2. The largest absolute Gasteiger partial charge is 0.446 e. The van der Waals surface area contributed by atoms with E-state index in [9.17, 15) is 4.79 Å². The summed E-state index contributed by atoms with van der Waals surface area (Å²) in [7, 11) is 0. The predicted molar refractivity (Wildman–Crippen MR) is 67.6 cm³/mol. The average Bonchev–Trinajstić information content (AvgIpc) is 2.25. The molecule has 0 spiro atoms. The van der Waals surface area contributed by atoms with Gasteiger partial charge in [-0.15, -0.1) is 0 Å². The van der Waals surface area contributed by atoms with Crippen molar-refractivity contribution in [3.8, 4) is 0 Å². The van der Waals surface area contributed by atoms with Crippen molar-refractivity contribution in [2.75, 3.05) is 0 Å². The molecule has 0 fully saturated rings. The zero-order chi connectivity index (χ0) is 12.4. The molecule has 0 bridgehead atoms. The number of amides is 1. The van der Waals surface area contributed by atoms with Crippen LogP contribution in [0.1, 0.15) is 66.2 Å². The van der Waals surface area contributed by atoms with E-state index in [4.69, 9.17) is 4.74 Å². The molecule has 2 unspecified atom stereocenters. The minimum atomic E-state index is -0.260. The number of hydrogen-bond acceptors (Lipinski definition) is 2. The van der Waals surface area contributed by atoms with Gasteiger partial charge in [0.15, 0.2) is 0 Å². The summed E-state index contributed by atoms with van der Waals surface area (Å²) < 4.78 is 5.42. The van der Waals surface area contributed by atoms with Gasteiger partial charge in [0.2, 0.25) is 0 Å². The first-order valence-corrected chi connectivity index (χ1v) is 6.61. The van der Waals surface area contributed by atoms with Crippen LogP contribution in [-0.2, 0) is 4.74 Å². The summed E-state index contributed by atoms with van der Waals surface area (Å²) in [6.45, 7) is 8.31. The lowest BCUT2D eigenvalue weighted by Crippen LogP contribution is -2.35. The van der Waals surface area contributed by atoms with E-state index >= 15 is 0 Å². The number of alkyl carbamates (subject to hydrolysis) is 1. The third-order valence-corrected chi connectivity index (χ3v) is 2.74. The minimum absolute atomic E-state index is 0.0917. The molecule has 3 nitrogen and oxygen atoms in total. The summed E-state index contributed by atoms with van der Waals surface area (Å²) >= 11 is 0. The fourth-order valence-corrected chi connectivity index (χ4v) is 1.50. The molecular weight excluding hydrogens is 202 g/mol. The number of hydrogen-bond donors (Lipinski definition) is 1. The van der Waals surface area contributed by atoms with Crippen molar-refractivity contribution in [3.05, 3.63) is 0 Å². The summed E-state index contributed by atoms with van der Waals surface area (Å²) in [6.07, 6.45) is 6.05. The second-order valence-electron chi connectivity index (χ2n) is 4.41. The molecule has 0 rings (SSSR count). The Balaban J connectivity index is 3.91. The average molecular weight is 229 g/mol. The highest BCUT2D eigenvalue weighted by atomic mass is 16.6. The fraction of sp³-hybridized carbons (Fsp3) is 0.923. The third-order valence-electron chi connectivity index (χ3n) is 2.74. The number of nitrogens with one attached hydrogen (secondary N) is 1. The van der Waals surface area contributed by atoms with Crippen LogP contribution in [0.2, 0.25) is 0 Å². The second kappa shape index (κ2) is 9.49. The van der Waals surface area contributed by atoms with Crippen LogP contribution in [0.4, 0.5) is 4.79 Å². The summed E-state index contributed by atoms with van der Waals surface area (Å²) in [5.74, 6) is 0. The topological polar surface area (TPSA) is 38.3 Å². The molecule has 0 aliphatic heterocycles. The van der Waals surface area contributed by atoms with Gasteiger partial charge < -0.3 is 10.1 Å². The molecule has 0 saturated carbocycles. The normalized spacial score (nSPS) is 14.2. The van der Waals surface area contributed by atoms with Gasteiger partial charge in [-0.05, 0) is 26.2 Å². The maximum absolute atomic E-state index is 11.5. The summed E-state index contributed by atoms with van der Waals surface area (Å²) in [6, 6.07) is 0.195. The van der Waals surface area contributed by atoms with Gasteiger partial charge in [0.1, 0.15) is 6.10 Å². The van der Waals surface area contributed by atoms with Gasteiger partial charge in [-0.1, -0.05) is 40.0 Å². The second-order valence-corrected chi connectivity index (χ2v) is 4.41. The van der Waals surface area contributed by atoms with Gasteiger partial charge >= 0.3 is 6.09 Å². The third kappa shape index (κ3) is 7.55. The molecule has 0 aliphatic rings. The minimum Gasteiger partial charge on any atom is -0.446 e. The Labute approximate surface area is 99.9 Å². The van der Waals surface area contributed by atoms with Crippen molar-refractivity contribution in [2.45, 2.75) is 78.4 Å². The lowest BCUT2D eigenvalue weighted by Gasteiger charge is -2.19. The van der Waals surface area contributed by atoms with Crippen LogP contribution >= 0.6 is 0 Å². The van der Waals surface area contributed by atoms with Crippen molar-refractivity contribution in [2.24, 2.45) is 0 Å². The van der Waals surface area contributed by atoms with E-state index in [0.717, 1.165) is 38.5 Å². The molecule has 0 aromatic carbocycles. The summed E-state index contributed by atoms with van der Waals surface area (Å²) in [5.41, 5.74) is 0. The van der Waals surface area contributed by atoms with Gasteiger partial charge in [-0.2, -0.15) is 0 Å². The zero-order valence-electron chi connectivity index (χ0n) is 11.2. The Morgan fingerprint density at radius 2 is 1.88 bits per heavy atom. The van der Waals surface area contributed by atoms with Gasteiger partial charge in [0, 0.05) is 6.04 Å². The fourth-order valence-electron chi connectivity index (χ4n) is 1.50. The molecule has 0 radical (unpaired) electrons. The Hall–Kier alpha value is -0.730. The van der Waals surface area contributed by atoms with E-state index in [0.29, 0.717) is 0 Å². The maximum atomic E-state index is 11.5. The highest BCUT2D eigenvalue weighted by molar-refractivity contribution is 5.67. The van der Waals surface area contributed by atoms with Crippen molar-refractivity contribution >= 4 is 6.09 Å².